The Bertz CT molecular complexity index is 595. The van der Waals surface area contributed by atoms with Crippen LogP contribution in [0.25, 0.3) is 0 Å². The van der Waals surface area contributed by atoms with Crippen LogP contribution in [0.4, 0.5) is 13.2 Å². The first-order valence-electron chi connectivity index (χ1n) is 6.52. The summed E-state index contributed by atoms with van der Waals surface area (Å²) in [5, 5.41) is 3.07. The van der Waals surface area contributed by atoms with Gasteiger partial charge in [0.1, 0.15) is 11.6 Å². The lowest BCUT2D eigenvalue weighted by molar-refractivity contribution is 0.475. The summed E-state index contributed by atoms with van der Waals surface area (Å²) in [4.78, 5) is 0. The Balaban J connectivity index is 2.51. The van der Waals surface area contributed by atoms with Crippen LogP contribution in [-0.4, -0.2) is 6.54 Å². The van der Waals surface area contributed by atoms with Crippen LogP contribution in [0.3, 0.4) is 0 Å². The van der Waals surface area contributed by atoms with Gasteiger partial charge in [-0.3, -0.25) is 0 Å². The first kappa shape index (κ1) is 14.7. The number of hydrogen-bond donors (Lipinski definition) is 1. The van der Waals surface area contributed by atoms with Gasteiger partial charge in [-0.05, 0) is 18.7 Å². The molecule has 0 fully saturated rings. The molecule has 1 heterocycles. The minimum atomic E-state index is -1.19. The SMILES string of the molecule is CCNC(c1cc(F)c(F)cc1F)c1ccoc1CC. The molecule has 2 rings (SSSR count). The molecule has 0 spiro atoms. The highest BCUT2D eigenvalue weighted by Gasteiger charge is 2.23. The van der Waals surface area contributed by atoms with Crippen LogP contribution < -0.4 is 5.32 Å². The first-order valence-corrected chi connectivity index (χ1v) is 6.52. The average molecular weight is 283 g/mol. The predicted molar refractivity (Wildman–Crippen MR) is 69.9 cm³/mol. The number of hydrogen-bond acceptors (Lipinski definition) is 2. The molecule has 1 atom stereocenters. The smallest absolute Gasteiger partial charge is 0.161 e. The molecule has 0 radical (unpaired) electrons. The maximum Gasteiger partial charge on any atom is 0.161 e. The Labute approximate surface area is 115 Å². The molecule has 0 saturated carbocycles. The number of benzene rings is 1. The van der Waals surface area contributed by atoms with E-state index in [-0.39, 0.29) is 5.56 Å². The van der Waals surface area contributed by atoms with Gasteiger partial charge in [-0.1, -0.05) is 13.8 Å². The molecule has 0 amide bonds. The third-order valence-electron chi connectivity index (χ3n) is 3.17. The van der Waals surface area contributed by atoms with Crippen LogP contribution >= 0.6 is 0 Å². The van der Waals surface area contributed by atoms with Gasteiger partial charge in [0.15, 0.2) is 11.6 Å². The highest BCUT2D eigenvalue weighted by molar-refractivity contribution is 5.35. The van der Waals surface area contributed by atoms with Crippen molar-refractivity contribution in [1.82, 2.24) is 5.32 Å². The van der Waals surface area contributed by atoms with Crippen molar-refractivity contribution < 1.29 is 17.6 Å². The van der Waals surface area contributed by atoms with Crippen molar-refractivity contribution >= 4 is 0 Å². The highest BCUT2D eigenvalue weighted by atomic mass is 19.2. The molecular weight excluding hydrogens is 267 g/mol. The molecule has 5 heteroatoms. The van der Waals surface area contributed by atoms with Gasteiger partial charge >= 0.3 is 0 Å². The van der Waals surface area contributed by atoms with E-state index >= 15 is 0 Å². The van der Waals surface area contributed by atoms with Crippen molar-refractivity contribution in [2.75, 3.05) is 6.54 Å². The van der Waals surface area contributed by atoms with Crippen molar-refractivity contribution in [3.05, 3.63) is 58.8 Å². The third kappa shape index (κ3) is 2.72. The second-order valence-corrected chi connectivity index (χ2v) is 4.43. The third-order valence-corrected chi connectivity index (χ3v) is 3.17. The standard InChI is InChI=1S/C15H16F3NO/c1-3-14-9(5-6-20-14)15(19-4-2)10-7-12(17)13(18)8-11(10)16/h5-8,15,19H,3-4H2,1-2H3. The van der Waals surface area contributed by atoms with Gasteiger partial charge in [-0.15, -0.1) is 0 Å². The van der Waals surface area contributed by atoms with Crippen molar-refractivity contribution in [2.45, 2.75) is 26.3 Å². The van der Waals surface area contributed by atoms with E-state index in [1.54, 1.807) is 6.07 Å². The molecule has 0 aliphatic rings. The van der Waals surface area contributed by atoms with Gasteiger partial charge in [0.2, 0.25) is 0 Å². The zero-order valence-corrected chi connectivity index (χ0v) is 11.3. The molecule has 1 aromatic heterocycles. The van der Waals surface area contributed by atoms with E-state index < -0.39 is 23.5 Å². The Morgan fingerprint density at radius 1 is 1.05 bits per heavy atom. The summed E-state index contributed by atoms with van der Waals surface area (Å²) in [6, 6.07) is 2.61. The maximum absolute atomic E-state index is 14.0. The van der Waals surface area contributed by atoms with Crippen LogP contribution in [0.2, 0.25) is 0 Å². The van der Waals surface area contributed by atoms with Crippen molar-refractivity contribution in [3.8, 4) is 0 Å². The number of nitrogens with one attached hydrogen (secondary N) is 1. The molecule has 0 aliphatic carbocycles. The molecule has 1 aromatic carbocycles. The minimum absolute atomic E-state index is 0.0712. The fourth-order valence-electron chi connectivity index (χ4n) is 2.25. The Kier molecular flexibility index (Phi) is 4.49. The molecule has 0 bridgehead atoms. The number of halogens is 3. The molecule has 20 heavy (non-hydrogen) atoms. The number of rotatable bonds is 5. The summed E-state index contributed by atoms with van der Waals surface area (Å²) in [7, 11) is 0. The molecule has 108 valence electrons. The van der Waals surface area contributed by atoms with Crippen LogP contribution in [0.15, 0.2) is 28.9 Å². The van der Waals surface area contributed by atoms with Gasteiger partial charge in [0.05, 0.1) is 12.3 Å². The summed E-state index contributed by atoms with van der Waals surface area (Å²) < 4.78 is 45.7. The molecular formula is C15H16F3NO. The fraction of sp³-hybridized carbons (Fsp3) is 0.333. The number of furan rings is 1. The van der Waals surface area contributed by atoms with Gasteiger partial charge < -0.3 is 9.73 Å². The number of aryl methyl sites for hydroxylation is 1. The zero-order valence-electron chi connectivity index (χ0n) is 11.3. The van der Waals surface area contributed by atoms with Gasteiger partial charge in [0, 0.05) is 23.6 Å². The quantitative estimate of drug-likeness (QED) is 0.840. The van der Waals surface area contributed by atoms with E-state index in [1.165, 1.54) is 6.26 Å². The van der Waals surface area contributed by atoms with Gasteiger partial charge in [0.25, 0.3) is 0 Å². The second kappa shape index (κ2) is 6.13. The predicted octanol–water partition coefficient (Wildman–Crippen LogP) is 3.96. The monoisotopic (exact) mass is 283 g/mol. The molecule has 1 unspecified atom stereocenters. The van der Waals surface area contributed by atoms with E-state index in [0.29, 0.717) is 24.8 Å². The van der Waals surface area contributed by atoms with E-state index in [9.17, 15) is 13.2 Å². The topological polar surface area (TPSA) is 25.2 Å². The molecule has 1 N–H and O–H groups in total. The average Bonchev–Trinajstić information content (AvgIpc) is 2.88. The van der Waals surface area contributed by atoms with E-state index in [0.717, 1.165) is 11.6 Å². The Morgan fingerprint density at radius 2 is 1.75 bits per heavy atom. The molecule has 2 nitrogen and oxygen atoms in total. The summed E-state index contributed by atoms with van der Waals surface area (Å²) in [6.45, 7) is 4.32. The Hall–Kier alpha value is -1.75. The van der Waals surface area contributed by atoms with Gasteiger partial charge in [-0.25, -0.2) is 13.2 Å². The van der Waals surface area contributed by atoms with Crippen molar-refractivity contribution in [1.29, 1.82) is 0 Å². The lowest BCUT2D eigenvalue weighted by Crippen LogP contribution is -2.24. The summed E-state index contributed by atoms with van der Waals surface area (Å²) in [5.41, 5.74) is 0.807. The Morgan fingerprint density at radius 3 is 2.40 bits per heavy atom. The largest absolute Gasteiger partial charge is 0.469 e. The zero-order chi connectivity index (χ0) is 14.7. The lowest BCUT2D eigenvalue weighted by atomic mass is 9.97. The van der Waals surface area contributed by atoms with Crippen molar-refractivity contribution in [2.24, 2.45) is 0 Å². The normalized spacial score (nSPS) is 12.7. The second-order valence-electron chi connectivity index (χ2n) is 4.43. The van der Waals surface area contributed by atoms with E-state index in [2.05, 4.69) is 5.32 Å². The maximum atomic E-state index is 14.0. The minimum Gasteiger partial charge on any atom is -0.469 e. The highest BCUT2D eigenvalue weighted by Crippen LogP contribution is 2.29. The first-order chi connectivity index (χ1) is 9.58. The molecule has 0 aliphatic heterocycles. The lowest BCUT2D eigenvalue weighted by Gasteiger charge is -2.19. The summed E-state index contributed by atoms with van der Waals surface area (Å²) in [6.07, 6.45) is 2.14. The fourth-order valence-corrected chi connectivity index (χ4v) is 2.25. The molecule has 0 saturated heterocycles. The van der Waals surface area contributed by atoms with Crippen LogP contribution in [0, 0.1) is 17.5 Å². The molecule has 2 aromatic rings. The van der Waals surface area contributed by atoms with Crippen LogP contribution in [0.5, 0.6) is 0 Å². The van der Waals surface area contributed by atoms with E-state index in [1.807, 2.05) is 13.8 Å². The summed E-state index contributed by atoms with van der Waals surface area (Å²) >= 11 is 0. The van der Waals surface area contributed by atoms with Gasteiger partial charge in [-0.2, -0.15) is 0 Å². The van der Waals surface area contributed by atoms with Crippen molar-refractivity contribution in [3.63, 3.8) is 0 Å². The van der Waals surface area contributed by atoms with E-state index in [4.69, 9.17) is 4.42 Å². The van der Waals surface area contributed by atoms with Crippen LogP contribution in [0.1, 0.15) is 36.8 Å². The van der Waals surface area contributed by atoms with Crippen LogP contribution in [-0.2, 0) is 6.42 Å². The summed E-state index contributed by atoms with van der Waals surface area (Å²) in [5.74, 6) is -2.34.